The lowest BCUT2D eigenvalue weighted by molar-refractivity contribution is 0.0636. The van der Waals surface area contributed by atoms with Gasteiger partial charge in [-0.25, -0.2) is 4.79 Å². The fourth-order valence-electron chi connectivity index (χ4n) is 1.59. The third-order valence-corrected chi connectivity index (χ3v) is 2.53. The number of amides is 1. The summed E-state index contributed by atoms with van der Waals surface area (Å²) in [5, 5.41) is 2.71. The van der Waals surface area contributed by atoms with Crippen LogP contribution in [0.25, 0.3) is 0 Å². The molecule has 0 bridgehead atoms. The first-order chi connectivity index (χ1) is 8.85. The van der Waals surface area contributed by atoms with Crippen molar-refractivity contribution in [1.82, 2.24) is 0 Å². The fourth-order valence-corrected chi connectivity index (χ4v) is 1.83. The summed E-state index contributed by atoms with van der Waals surface area (Å²) in [6.07, 6.45) is 0.310. The molecule has 1 aromatic carbocycles. The van der Waals surface area contributed by atoms with Crippen molar-refractivity contribution in [2.75, 3.05) is 18.2 Å². The SMILES string of the molecule is COc1ccc(NC(=O)OC(C)(C)C)cc1CCS. The van der Waals surface area contributed by atoms with E-state index in [2.05, 4.69) is 17.9 Å². The van der Waals surface area contributed by atoms with E-state index in [4.69, 9.17) is 9.47 Å². The second-order valence-electron chi connectivity index (χ2n) is 5.13. The van der Waals surface area contributed by atoms with Gasteiger partial charge in [-0.1, -0.05) is 0 Å². The van der Waals surface area contributed by atoms with E-state index >= 15 is 0 Å². The van der Waals surface area contributed by atoms with Crippen LogP contribution in [-0.2, 0) is 11.2 Å². The van der Waals surface area contributed by atoms with E-state index in [-0.39, 0.29) is 0 Å². The monoisotopic (exact) mass is 283 g/mol. The summed E-state index contributed by atoms with van der Waals surface area (Å²) in [4.78, 5) is 11.7. The maximum Gasteiger partial charge on any atom is 0.412 e. The first-order valence-corrected chi connectivity index (χ1v) is 6.77. The van der Waals surface area contributed by atoms with Gasteiger partial charge >= 0.3 is 6.09 Å². The number of methoxy groups -OCH3 is 1. The lowest BCUT2D eigenvalue weighted by Crippen LogP contribution is -2.27. The van der Waals surface area contributed by atoms with E-state index in [1.165, 1.54) is 0 Å². The van der Waals surface area contributed by atoms with E-state index in [9.17, 15) is 4.79 Å². The summed E-state index contributed by atoms with van der Waals surface area (Å²) in [6.45, 7) is 5.48. The zero-order valence-corrected chi connectivity index (χ0v) is 12.7. The van der Waals surface area contributed by atoms with Gasteiger partial charge in [0.15, 0.2) is 0 Å². The van der Waals surface area contributed by atoms with Gasteiger partial charge in [0.1, 0.15) is 11.4 Å². The maximum atomic E-state index is 11.7. The topological polar surface area (TPSA) is 47.6 Å². The van der Waals surface area contributed by atoms with Crippen molar-refractivity contribution in [1.29, 1.82) is 0 Å². The molecule has 0 aliphatic heterocycles. The van der Waals surface area contributed by atoms with Crippen molar-refractivity contribution in [2.45, 2.75) is 32.8 Å². The number of thiol groups is 1. The Kier molecular flexibility index (Phi) is 5.54. The number of carbonyl (C=O) groups is 1. The van der Waals surface area contributed by atoms with Gasteiger partial charge in [0.05, 0.1) is 7.11 Å². The van der Waals surface area contributed by atoms with Gasteiger partial charge in [-0.2, -0.15) is 12.6 Å². The van der Waals surface area contributed by atoms with E-state index in [0.29, 0.717) is 11.4 Å². The van der Waals surface area contributed by atoms with E-state index in [0.717, 1.165) is 17.7 Å². The minimum atomic E-state index is -0.509. The van der Waals surface area contributed by atoms with Gasteiger partial charge in [0.25, 0.3) is 0 Å². The van der Waals surface area contributed by atoms with Crippen LogP contribution >= 0.6 is 12.6 Å². The molecule has 1 aromatic rings. The molecule has 0 saturated carbocycles. The molecule has 0 fully saturated rings. The molecular weight excluding hydrogens is 262 g/mol. The molecule has 1 N–H and O–H groups in total. The van der Waals surface area contributed by atoms with Crippen LogP contribution in [0.5, 0.6) is 5.75 Å². The summed E-state index contributed by atoms with van der Waals surface area (Å²) >= 11 is 4.21. The molecule has 0 aliphatic rings. The van der Waals surface area contributed by atoms with Crippen molar-refractivity contribution in [3.05, 3.63) is 23.8 Å². The molecule has 0 aromatic heterocycles. The number of nitrogens with one attached hydrogen (secondary N) is 1. The smallest absolute Gasteiger partial charge is 0.412 e. The Hall–Kier alpha value is -1.36. The second kappa shape index (κ2) is 6.70. The standard InChI is InChI=1S/C14H21NO3S/c1-14(2,3)18-13(16)15-11-5-6-12(17-4)10(9-11)7-8-19/h5-6,9,19H,7-8H2,1-4H3,(H,15,16). The van der Waals surface area contributed by atoms with Crippen LogP contribution < -0.4 is 10.1 Å². The second-order valence-corrected chi connectivity index (χ2v) is 5.57. The first kappa shape index (κ1) is 15.7. The van der Waals surface area contributed by atoms with Crippen LogP contribution in [-0.4, -0.2) is 24.6 Å². The number of rotatable bonds is 4. The summed E-state index contributed by atoms with van der Waals surface area (Å²) in [7, 11) is 1.62. The Morgan fingerprint density at radius 2 is 2.05 bits per heavy atom. The molecule has 0 spiro atoms. The first-order valence-electron chi connectivity index (χ1n) is 6.13. The molecule has 4 nitrogen and oxygen atoms in total. The number of hydrogen-bond acceptors (Lipinski definition) is 4. The number of aryl methyl sites for hydroxylation is 1. The maximum absolute atomic E-state index is 11.7. The van der Waals surface area contributed by atoms with E-state index in [1.54, 1.807) is 13.2 Å². The summed E-state index contributed by atoms with van der Waals surface area (Å²) in [5.74, 6) is 1.51. The minimum Gasteiger partial charge on any atom is -0.496 e. The Balaban J connectivity index is 2.79. The van der Waals surface area contributed by atoms with Crippen LogP contribution in [0, 0.1) is 0 Å². The summed E-state index contributed by atoms with van der Waals surface area (Å²) in [6, 6.07) is 5.48. The predicted octanol–water partition coefficient (Wildman–Crippen LogP) is 3.51. The zero-order chi connectivity index (χ0) is 14.5. The zero-order valence-electron chi connectivity index (χ0n) is 11.8. The average Bonchev–Trinajstić information content (AvgIpc) is 2.27. The molecular formula is C14H21NO3S. The van der Waals surface area contributed by atoms with Gasteiger partial charge in [0, 0.05) is 5.69 Å². The minimum absolute atomic E-state index is 0.463. The molecule has 1 rings (SSSR count). The third-order valence-electron chi connectivity index (χ3n) is 2.31. The summed E-state index contributed by atoms with van der Waals surface area (Å²) in [5.41, 5.74) is 1.18. The lowest BCUT2D eigenvalue weighted by atomic mass is 10.1. The molecule has 106 valence electrons. The van der Waals surface area contributed by atoms with Crippen LogP contribution in [0.4, 0.5) is 10.5 Å². The van der Waals surface area contributed by atoms with Gasteiger partial charge in [0.2, 0.25) is 0 Å². The Morgan fingerprint density at radius 3 is 2.58 bits per heavy atom. The number of anilines is 1. The molecule has 5 heteroatoms. The highest BCUT2D eigenvalue weighted by Gasteiger charge is 2.16. The molecule has 0 heterocycles. The average molecular weight is 283 g/mol. The van der Waals surface area contributed by atoms with E-state index < -0.39 is 11.7 Å². The normalized spacial score (nSPS) is 11.0. The third kappa shape index (κ3) is 5.42. The number of hydrogen-bond donors (Lipinski definition) is 2. The number of ether oxygens (including phenoxy) is 2. The van der Waals surface area contributed by atoms with Crippen molar-refractivity contribution in [3.63, 3.8) is 0 Å². The Bertz CT molecular complexity index is 441. The number of benzene rings is 1. The Labute approximate surface area is 119 Å². The molecule has 0 saturated heterocycles. The van der Waals surface area contributed by atoms with Crippen LogP contribution in [0.1, 0.15) is 26.3 Å². The highest BCUT2D eigenvalue weighted by Crippen LogP contribution is 2.23. The van der Waals surface area contributed by atoms with Gasteiger partial charge in [-0.3, -0.25) is 5.32 Å². The van der Waals surface area contributed by atoms with Crippen molar-refractivity contribution in [3.8, 4) is 5.75 Å². The van der Waals surface area contributed by atoms with E-state index in [1.807, 2.05) is 32.9 Å². The lowest BCUT2D eigenvalue weighted by Gasteiger charge is -2.20. The van der Waals surface area contributed by atoms with Crippen LogP contribution in [0.15, 0.2) is 18.2 Å². The largest absolute Gasteiger partial charge is 0.496 e. The fraction of sp³-hybridized carbons (Fsp3) is 0.500. The summed E-state index contributed by atoms with van der Waals surface area (Å²) < 4.78 is 10.5. The quantitative estimate of drug-likeness (QED) is 0.831. The van der Waals surface area contributed by atoms with Crippen molar-refractivity contribution in [2.24, 2.45) is 0 Å². The van der Waals surface area contributed by atoms with Gasteiger partial charge in [-0.15, -0.1) is 0 Å². The molecule has 1 amide bonds. The van der Waals surface area contributed by atoms with Gasteiger partial charge < -0.3 is 9.47 Å². The number of carbonyl (C=O) groups excluding carboxylic acids is 1. The molecule has 0 aliphatic carbocycles. The predicted molar refractivity (Wildman–Crippen MR) is 80.4 cm³/mol. The molecule has 19 heavy (non-hydrogen) atoms. The molecule has 0 radical (unpaired) electrons. The Morgan fingerprint density at radius 1 is 1.37 bits per heavy atom. The highest BCUT2D eigenvalue weighted by molar-refractivity contribution is 7.80. The van der Waals surface area contributed by atoms with Gasteiger partial charge in [-0.05, 0) is 56.7 Å². The van der Waals surface area contributed by atoms with Crippen molar-refractivity contribution < 1.29 is 14.3 Å². The molecule has 0 unspecified atom stereocenters. The van der Waals surface area contributed by atoms with Crippen LogP contribution in [0.2, 0.25) is 0 Å². The van der Waals surface area contributed by atoms with Crippen LogP contribution in [0.3, 0.4) is 0 Å². The molecule has 0 atom stereocenters. The van der Waals surface area contributed by atoms with Crippen molar-refractivity contribution >= 4 is 24.4 Å². The highest BCUT2D eigenvalue weighted by atomic mass is 32.1.